The lowest BCUT2D eigenvalue weighted by molar-refractivity contribution is -0.0511. The van der Waals surface area contributed by atoms with Crippen LogP contribution in [0.15, 0.2) is 35.7 Å². The number of nitrogens with zero attached hydrogens (tertiary/aromatic N) is 4. The highest BCUT2D eigenvalue weighted by Gasteiger charge is 2.44. The number of hydrogen-bond acceptors (Lipinski definition) is 13. The van der Waals surface area contributed by atoms with Gasteiger partial charge in [0.05, 0.1) is 36.3 Å². The lowest BCUT2D eigenvalue weighted by Gasteiger charge is -2.19. The summed E-state index contributed by atoms with van der Waals surface area (Å²) in [6.45, 7) is 4.57. The van der Waals surface area contributed by atoms with Gasteiger partial charge in [-0.25, -0.2) is 15.0 Å². The van der Waals surface area contributed by atoms with Crippen molar-refractivity contribution in [3.63, 3.8) is 0 Å². The summed E-state index contributed by atoms with van der Waals surface area (Å²) in [5, 5.41) is 30.8. The maximum atomic E-state index is 9.95. The molecule has 0 radical (unpaired) electrons. The molecule has 0 spiro atoms. The van der Waals surface area contributed by atoms with E-state index in [1.54, 1.807) is 23.9 Å². The van der Waals surface area contributed by atoms with Crippen molar-refractivity contribution in [3.05, 3.63) is 40.9 Å². The molecule has 210 valence electrons. The molecule has 0 unspecified atom stereocenters. The van der Waals surface area contributed by atoms with Crippen LogP contribution in [0, 0.1) is 0 Å². The van der Waals surface area contributed by atoms with Crippen molar-refractivity contribution in [1.29, 1.82) is 0 Å². The van der Waals surface area contributed by atoms with E-state index >= 15 is 0 Å². The molecule has 5 N–H and O–H groups in total. The molecule has 1 fully saturated rings. The number of ether oxygens (including phenoxy) is 1. The van der Waals surface area contributed by atoms with E-state index in [1.807, 2.05) is 19.9 Å². The number of benzene rings is 1. The van der Waals surface area contributed by atoms with Gasteiger partial charge in [-0.1, -0.05) is 34.6 Å². The first kappa shape index (κ1) is 31.8. The molecular weight excluding hydrogens is 616 g/mol. The van der Waals surface area contributed by atoms with Crippen molar-refractivity contribution < 1.29 is 29.1 Å². The third-order valence-electron chi connectivity index (χ3n) is 5.07. The van der Waals surface area contributed by atoms with Crippen LogP contribution in [0.4, 0.5) is 5.82 Å². The number of aromatic nitrogens is 4. The van der Waals surface area contributed by atoms with Gasteiger partial charge < -0.3 is 34.8 Å². The van der Waals surface area contributed by atoms with E-state index in [4.69, 9.17) is 59.6 Å². The highest BCUT2D eigenvalue weighted by Crippen LogP contribution is 2.62. The topological polar surface area (TPSA) is 158 Å². The van der Waals surface area contributed by atoms with Gasteiger partial charge in [0.15, 0.2) is 17.7 Å². The summed E-state index contributed by atoms with van der Waals surface area (Å²) in [5.41, 5.74) is 4.21. The fourth-order valence-electron chi connectivity index (χ4n) is 3.34. The second kappa shape index (κ2) is 14.8. The molecule has 17 heteroatoms. The molecule has 1 aromatic carbocycles. The van der Waals surface area contributed by atoms with Crippen molar-refractivity contribution in [1.82, 2.24) is 19.5 Å². The highest BCUT2D eigenvalue weighted by atomic mass is 35.5. The van der Waals surface area contributed by atoms with Gasteiger partial charge in [0.2, 0.25) is 5.69 Å². The molecule has 0 aliphatic carbocycles. The van der Waals surface area contributed by atoms with Gasteiger partial charge >= 0.3 is 0 Å². The number of nitrogen functional groups attached to an aromatic ring is 1. The minimum Gasteiger partial charge on any atom is -0.394 e. The minimum atomic E-state index is -2.23. The minimum absolute atomic E-state index is 0.218. The van der Waals surface area contributed by atoms with E-state index in [0.717, 1.165) is 9.98 Å². The zero-order valence-corrected chi connectivity index (χ0v) is 25.2. The number of imidazole rings is 1. The number of halogens is 2. The molecule has 4 atom stereocenters. The molecule has 11 nitrogen and oxygen atoms in total. The SMILES string of the molecule is CCOP(=S)(OCC)SCSc1cc(Cl)ccc1Cl.Nc1ncnc2c1ncn2[C@@H]1O[C@H](CO)[C@@H](O)[C@H]1O. The van der Waals surface area contributed by atoms with E-state index in [0.29, 0.717) is 34.4 Å². The van der Waals surface area contributed by atoms with Crippen LogP contribution < -0.4 is 5.73 Å². The number of anilines is 1. The van der Waals surface area contributed by atoms with Gasteiger partial charge in [-0.05, 0) is 43.9 Å². The molecule has 1 aliphatic rings. The van der Waals surface area contributed by atoms with Gasteiger partial charge in [0.1, 0.15) is 30.2 Å². The van der Waals surface area contributed by atoms with Crippen LogP contribution in [0.3, 0.4) is 0 Å². The number of rotatable bonds is 10. The van der Waals surface area contributed by atoms with E-state index in [2.05, 4.69) is 15.0 Å². The second-order valence-corrected chi connectivity index (χ2v) is 16.1. The quantitative estimate of drug-likeness (QED) is 0.142. The van der Waals surface area contributed by atoms with Gasteiger partial charge in [-0.3, -0.25) is 4.57 Å². The number of aliphatic hydroxyl groups excluding tert-OH is 3. The number of hydrogen-bond donors (Lipinski definition) is 4. The molecule has 3 aromatic rings. The van der Waals surface area contributed by atoms with Crippen LogP contribution in [-0.2, 0) is 25.6 Å². The van der Waals surface area contributed by atoms with Gasteiger partial charge in [0.25, 0.3) is 0 Å². The summed E-state index contributed by atoms with van der Waals surface area (Å²) in [7, 11) is 0. The summed E-state index contributed by atoms with van der Waals surface area (Å²) in [6, 6.07) is 5.41. The fourth-order valence-corrected chi connectivity index (χ4v) is 10.9. The van der Waals surface area contributed by atoms with Crippen molar-refractivity contribution in [2.75, 3.05) is 30.6 Å². The zero-order chi connectivity index (χ0) is 27.9. The number of nitrogens with two attached hydrogens (primary N) is 1. The molecule has 38 heavy (non-hydrogen) atoms. The van der Waals surface area contributed by atoms with E-state index in [1.165, 1.54) is 28.6 Å². The molecule has 2 aromatic heterocycles. The Kier molecular flexibility index (Phi) is 12.3. The Labute approximate surface area is 243 Å². The largest absolute Gasteiger partial charge is 0.394 e. The Morgan fingerprint density at radius 2 is 1.87 bits per heavy atom. The fraction of sp³-hybridized carbons (Fsp3) is 0.476. The first-order valence-electron chi connectivity index (χ1n) is 11.3. The monoisotopic (exact) mass is 643 g/mol. The highest BCUT2D eigenvalue weighted by molar-refractivity contribution is 8.69. The van der Waals surface area contributed by atoms with Gasteiger partial charge in [0, 0.05) is 9.92 Å². The van der Waals surface area contributed by atoms with Gasteiger partial charge in [-0.15, -0.1) is 11.8 Å². The molecule has 1 saturated heterocycles. The van der Waals surface area contributed by atoms with Crippen LogP contribution in [0.5, 0.6) is 0 Å². The molecule has 0 bridgehead atoms. The number of aliphatic hydroxyl groups is 3. The van der Waals surface area contributed by atoms with Crippen LogP contribution in [0.2, 0.25) is 10.0 Å². The average molecular weight is 645 g/mol. The van der Waals surface area contributed by atoms with Crippen LogP contribution >= 0.6 is 52.0 Å². The lowest BCUT2D eigenvalue weighted by atomic mass is 10.1. The van der Waals surface area contributed by atoms with E-state index in [9.17, 15) is 10.2 Å². The van der Waals surface area contributed by atoms with Crippen molar-refractivity contribution in [3.8, 4) is 0 Å². The van der Waals surface area contributed by atoms with Crippen LogP contribution in [0.25, 0.3) is 11.2 Å². The third-order valence-corrected chi connectivity index (χ3v) is 12.9. The summed E-state index contributed by atoms with van der Waals surface area (Å²) in [5.74, 6) is 0.218. The molecule has 1 aliphatic heterocycles. The maximum absolute atomic E-state index is 9.95. The number of thioether (sulfide) groups is 1. The number of fused-ring (bicyclic) bond motifs is 1. The van der Waals surface area contributed by atoms with Crippen molar-refractivity contribution in [2.24, 2.45) is 0 Å². The van der Waals surface area contributed by atoms with Gasteiger partial charge in [-0.2, -0.15) is 0 Å². The van der Waals surface area contributed by atoms with Crippen molar-refractivity contribution in [2.45, 2.75) is 43.3 Å². The second-order valence-electron chi connectivity index (χ2n) is 7.56. The Bertz CT molecular complexity index is 1250. The van der Waals surface area contributed by atoms with E-state index < -0.39 is 36.8 Å². The third kappa shape index (κ3) is 7.93. The molecule has 4 rings (SSSR count). The van der Waals surface area contributed by atoms with Crippen molar-refractivity contribution >= 4 is 80.8 Å². The Hall–Kier alpha value is -0.740. The summed E-state index contributed by atoms with van der Waals surface area (Å²) >= 11 is 20.6. The average Bonchev–Trinajstić information content (AvgIpc) is 3.43. The van der Waals surface area contributed by atoms with Crippen LogP contribution in [0.1, 0.15) is 20.1 Å². The first-order valence-corrected chi connectivity index (χ1v) is 17.3. The normalized spacial score (nSPS) is 21.4. The smallest absolute Gasteiger partial charge is 0.248 e. The van der Waals surface area contributed by atoms with E-state index in [-0.39, 0.29) is 5.82 Å². The summed E-state index contributed by atoms with van der Waals surface area (Å²) in [4.78, 5) is 12.8. The Balaban J connectivity index is 0.000000211. The zero-order valence-electron chi connectivity index (χ0n) is 20.4. The molecule has 0 amide bonds. The molecular formula is C21H28Cl2N5O6PS3. The molecule has 3 heterocycles. The Morgan fingerprint density at radius 3 is 2.50 bits per heavy atom. The summed E-state index contributed by atoms with van der Waals surface area (Å²) < 4.78 is 18.0. The maximum Gasteiger partial charge on any atom is 0.248 e. The van der Waals surface area contributed by atoms with Crippen LogP contribution in [-0.4, -0.2) is 78.1 Å². The molecule has 0 saturated carbocycles. The predicted octanol–water partition coefficient (Wildman–Crippen LogP) is 4.09. The lowest BCUT2D eigenvalue weighted by Crippen LogP contribution is -2.33. The standard InChI is InChI=1S/C11H15Cl2O2PS3.C10H13N5O4/c1-3-14-16(17,15-4-2)19-8-18-11-7-9(12)5-6-10(11)13;11-8-5-9(13-2-12-8)15(3-14-5)10-7(18)6(17)4(1-16)19-10/h5-7H,3-4,8H2,1-2H3;2-4,6-7,10,16-18H,1H2,(H2,11,12,13)/t;4-,6-,7-,10-/m.1/s1. The Morgan fingerprint density at radius 1 is 1.16 bits per heavy atom. The first-order chi connectivity index (χ1) is 18.1. The predicted molar refractivity (Wildman–Crippen MR) is 155 cm³/mol. The summed E-state index contributed by atoms with van der Waals surface area (Å²) in [6.07, 6.45) is -1.42.